The van der Waals surface area contributed by atoms with Crippen molar-refractivity contribution in [2.75, 3.05) is 12.4 Å². The summed E-state index contributed by atoms with van der Waals surface area (Å²) in [6.07, 6.45) is 0. The lowest BCUT2D eigenvalue weighted by Crippen LogP contribution is -2.03. The SMILES string of the molecule is Cc1ccc(-c2nc3c4ccccc4c4ccccc4c3n2-c2ccc(OCC3CS3)cc2)cc1. The molecule has 2 heterocycles. The van der Waals surface area contributed by atoms with Crippen molar-refractivity contribution in [2.45, 2.75) is 12.2 Å². The molecule has 0 radical (unpaired) electrons. The van der Waals surface area contributed by atoms with Crippen LogP contribution in [0, 0.1) is 6.92 Å². The Morgan fingerprint density at radius 3 is 2.11 bits per heavy atom. The van der Waals surface area contributed by atoms with Gasteiger partial charge in [-0.15, -0.1) is 0 Å². The Kier molecular flexibility index (Phi) is 4.81. The second-order valence-electron chi connectivity index (χ2n) is 9.19. The molecule has 3 nitrogen and oxygen atoms in total. The van der Waals surface area contributed by atoms with Gasteiger partial charge in [-0.25, -0.2) is 4.98 Å². The number of thioether (sulfide) groups is 1. The highest BCUT2D eigenvalue weighted by molar-refractivity contribution is 8.06. The average molecular weight is 473 g/mol. The summed E-state index contributed by atoms with van der Waals surface area (Å²) >= 11 is 1.96. The van der Waals surface area contributed by atoms with E-state index in [-0.39, 0.29) is 0 Å². The normalized spacial score (nSPS) is 15.2. The molecule has 1 aliphatic heterocycles. The van der Waals surface area contributed by atoms with Crippen LogP contribution in [0.1, 0.15) is 5.56 Å². The third-order valence-corrected chi connectivity index (χ3v) is 7.72. The van der Waals surface area contributed by atoms with E-state index in [1.807, 2.05) is 11.8 Å². The van der Waals surface area contributed by atoms with Gasteiger partial charge >= 0.3 is 0 Å². The van der Waals surface area contributed by atoms with Crippen LogP contribution in [0.2, 0.25) is 0 Å². The molecule has 1 unspecified atom stereocenters. The van der Waals surface area contributed by atoms with Gasteiger partial charge in [0.05, 0.1) is 11.0 Å². The molecule has 7 rings (SSSR count). The van der Waals surface area contributed by atoms with Crippen LogP contribution in [-0.4, -0.2) is 27.2 Å². The van der Waals surface area contributed by atoms with Gasteiger partial charge in [-0.1, -0.05) is 78.4 Å². The topological polar surface area (TPSA) is 27.1 Å². The monoisotopic (exact) mass is 472 g/mol. The van der Waals surface area contributed by atoms with Gasteiger partial charge in [-0.2, -0.15) is 11.8 Å². The maximum absolute atomic E-state index is 6.00. The Balaban J connectivity index is 1.53. The summed E-state index contributed by atoms with van der Waals surface area (Å²) in [5.41, 5.74) is 5.59. The van der Waals surface area contributed by atoms with Crippen LogP contribution in [0.4, 0.5) is 0 Å². The zero-order valence-electron chi connectivity index (χ0n) is 19.4. The summed E-state index contributed by atoms with van der Waals surface area (Å²) in [5.74, 6) is 3.07. The van der Waals surface area contributed by atoms with Gasteiger partial charge < -0.3 is 4.74 Å². The van der Waals surface area contributed by atoms with Gasteiger partial charge in [-0.05, 0) is 42.0 Å². The number of ether oxygens (including phenoxy) is 1. The van der Waals surface area contributed by atoms with Crippen molar-refractivity contribution in [3.8, 4) is 22.8 Å². The molecule has 1 atom stereocenters. The van der Waals surface area contributed by atoms with E-state index in [4.69, 9.17) is 9.72 Å². The highest BCUT2D eigenvalue weighted by Gasteiger charge is 2.23. The first kappa shape index (κ1) is 20.6. The van der Waals surface area contributed by atoms with E-state index in [0.29, 0.717) is 5.25 Å². The first-order valence-electron chi connectivity index (χ1n) is 12.0. The maximum atomic E-state index is 6.00. The van der Waals surface area contributed by atoms with Crippen LogP contribution >= 0.6 is 11.8 Å². The molecule has 1 aliphatic rings. The molecule has 1 fully saturated rings. The van der Waals surface area contributed by atoms with Crippen molar-refractivity contribution < 1.29 is 4.74 Å². The minimum absolute atomic E-state index is 0.653. The zero-order chi connectivity index (χ0) is 23.4. The third-order valence-electron chi connectivity index (χ3n) is 6.77. The molecule has 5 aromatic carbocycles. The summed E-state index contributed by atoms with van der Waals surface area (Å²) in [5, 5.41) is 5.51. The molecule has 0 amide bonds. The lowest BCUT2D eigenvalue weighted by molar-refractivity contribution is 0.330. The lowest BCUT2D eigenvalue weighted by atomic mass is 10.00. The molecule has 170 valence electrons. The fourth-order valence-electron chi connectivity index (χ4n) is 4.90. The lowest BCUT2D eigenvalue weighted by Gasteiger charge is -2.13. The number of imidazole rings is 1. The summed E-state index contributed by atoms with van der Waals surface area (Å²) < 4.78 is 8.31. The van der Waals surface area contributed by atoms with Crippen molar-refractivity contribution in [1.29, 1.82) is 0 Å². The van der Waals surface area contributed by atoms with Crippen molar-refractivity contribution in [2.24, 2.45) is 0 Å². The Morgan fingerprint density at radius 2 is 1.43 bits per heavy atom. The fraction of sp³-hybridized carbons (Fsp3) is 0.129. The summed E-state index contributed by atoms with van der Waals surface area (Å²) in [6, 6.07) is 34.4. The van der Waals surface area contributed by atoms with Crippen molar-refractivity contribution in [3.63, 3.8) is 0 Å². The van der Waals surface area contributed by atoms with E-state index < -0.39 is 0 Å². The number of rotatable bonds is 5. The van der Waals surface area contributed by atoms with Gasteiger partial charge in [0.15, 0.2) is 0 Å². The molecule has 4 heteroatoms. The Morgan fingerprint density at radius 1 is 0.800 bits per heavy atom. The van der Waals surface area contributed by atoms with Gasteiger partial charge in [0.25, 0.3) is 0 Å². The number of nitrogens with zero attached hydrogens (tertiary/aromatic N) is 2. The molecule has 1 saturated heterocycles. The second-order valence-corrected chi connectivity index (χ2v) is 10.5. The molecular formula is C31H24N2OS. The molecule has 1 aromatic heterocycles. The zero-order valence-corrected chi connectivity index (χ0v) is 20.3. The molecule has 35 heavy (non-hydrogen) atoms. The van der Waals surface area contributed by atoms with E-state index in [1.54, 1.807) is 0 Å². The van der Waals surface area contributed by atoms with Crippen LogP contribution in [0.5, 0.6) is 5.75 Å². The quantitative estimate of drug-likeness (QED) is 0.189. The molecule has 0 aliphatic carbocycles. The third kappa shape index (κ3) is 3.57. The number of aromatic nitrogens is 2. The number of aryl methyl sites for hydroxylation is 1. The van der Waals surface area contributed by atoms with E-state index in [0.717, 1.165) is 40.5 Å². The first-order chi connectivity index (χ1) is 17.3. The molecule has 0 N–H and O–H groups in total. The molecular weight excluding hydrogens is 448 g/mol. The van der Waals surface area contributed by atoms with Crippen molar-refractivity contribution >= 4 is 44.3 Å². The average Bonchev–Trinajstić information content (AvgIpc) is 3.66. The summed E-state index contributed by atoms with van der Waals surface area (Å²) in [4.78, 5) is 5.29. The Hall–Kier alpha value is -3.76. The highest BCUT2D eigenvalue weighted by Crippen LogP contribution is 2.39. The smallest absolute Gasteiger partial charge is 0.145 e. The summed E-state index contributed by atoms with van der Waals surface area (Å²) in [7, 11) is 0. The van der Waals surface area contributed by atoms with Crippen LogP contribution in [-0.2, 0) is 0 Å². The largest absolute Gasteiger partial charge is 0.492 e. The fourth-order valence-corrected chi connectivity index (χ4v) is 5.29. The second kappa shape index (κ2) is 8.17. The highest BCUT2D eigenvalue weighted by atomic mass is 32.2. The van der Waals surface area contributed by atoms with Gasteiger partial charge in [0.2, 0.25) is 0 Å². The van der Waals surface area contributed by atoms with Gasteiger partial charge in [0.1, 0.15) is 18.2 Å². The predicted molar refractivity (Wildman–Crippen MR) is 148 cm³/mol. The van der Waals surface area contributed by atoms with E-state index in [1.165, 1.54) is 32.9 Å². The van der Waals surface area contributed by atoms with Gasteiger partial charge in [0, 0.05) is 33.0 Å². The Labute approximate surface area is 208 Å². The van der Waals surface area contributed by atoms with E-state index >= 15 is 0 Å². The molecule has 6 aromatic rings. The molecule has 0 saturated carbocycles. The van der Waals surface area contributed by atoms with Crippen LogP contribution in [0.3, 0.4) is 0 Å². The van der Waals surface area contributed by atoms with Crippen LogP contribution in [0.25, 0.3) is 49.7 Å². The van der Waals surface area contributed by atoms with Gasteiger partial charge in [-0.3, -0.25) is 4.57 Å². The maximum Gasteiger partial charge on any atom is 0.145 e. The number of fused-ring (bicyclic) bond motifs is 6. The number of hydrogen-bond donors (Lipinski definition) is 0. The van der Waals surface area contributed by atoms with E-state index in [9.17, 15) is 0 Å². The van der Waals surface area contributed by atoms with Crippen molar-refractivity contribution in [1.82, 2.24) is 9.55 Å². The standard InChI is InChI=1S/C31H24N2OS/c1-20-10-12-21(13-11-20)31-32-29-27-8-4-2-6-25(27)26-7-3-5-9-28(26)30(29)33(31)22-14-16-23(17-15-22)34-18-24-19-35-24/h2-17,24H,18-19H2,1H3. The first-order valence-corrected chi connectivity index (χ1v) is 13.0. The minimum atomic E-state index is 0.653. The Bertz CT molecular complexity index is 1700. The summed E-state index contributed by atoms with van der Waals surface area (Å²) in [6.45, 7) is 2.90. The predicted octanol–water partition coefficient (Wildman–Crippen LogP) is 7.80. The number of hydrogen-bond acceptors (Lipinski definition) is 3. The van der Waals surface area contributed by atoms with Crippen molar-refractivity contribution in [3.05, 3.63) is 103 Å². The molecule has 0 bridgehead atoms. The molecule has 0 spiro atoms. The number of benzene rings is 5. The van der Waals surface area contributed by atoms with Crippen LogP contribution < -0.4 is 4.74 Å². The van der Waals surface area contributed by atoms with E-state index in [2.05, 4.69) is 109 Å². The minimum Gasteiger partial charge on any atom is -0.492 e. The van der Waals surface area contributed by atoms with Crippen LogP contribution in [0.15, 0.2) is 97.1 Å².